The molecule has 2 aromatic carbocycles. The number of piperidine rings is 2. The molecular weight excluding hydrogens is 713 g/mol. The summed E-state index contributed by atoms with van der Waals surface area (Å²) in [4.78, 5) is 36.2. The second-order valence-electron chi connectivity index (χ2n) is 12.5. The number of nitrogens with zero attached hydrogens (tertiary/aromatic N) is 4. The van der Waals surface area contributed by atoms with Gasteiger partial charge in [0.25, 0.3) is 11.8 Å². The van der Waals surface area contributed by atoms with E-state index >= 15 is 0 Å². The van der Waals surface area contributed by atoms with Crippen LogP contribution in [0.1, 0.15) is 57.5 Å². The molecule has 2 amide bonds. The van der Waals surface area contributed by atoms with Crippen LogP contribution < -0.4 is 67.6 Å². The standard InChI is InChI=1S/C19H22FN3O2.C18H19F2N3O.CH4O.CH3.K/c1-25-18-16(6-7-17(21)22-18)19(24)23-10-8-14(9-11-23)12-13-2-4-15(20)5-3-13;19-14-3-1-12(2-4-14)11-13-7-9-23(10-8-13)18(24)15-5-6-16(21)22-17(15)20;1-2;;/h2-7,14H,8-12H2,1H3,(H2,21,22);1-6,13H,7-11H2,(H2,21,22);2H,1H3;1H3;/q;;;-1;+1. The van der Waals surface area contributed by atoms with Crippen LogP contribution in [-0.4, -0.2) is 77.1 Å². The molecule has 2 aromatic heterocycles. The number of rotatable bonds is 7. The number of amides is 2. The predicted molar refractivity (Wildman–Crippen MR) is 196 cm³/mol. The van der Waals surface area contributed by atoms with Crippen LogP contribution in [0.25, 0.3) is 0 Å². The Morgan fingerprint density at radius 3 is 1.45 bits per heavy atom. The van der Waals surface area contributed by atoms with Crippen molar-refractivity contribution in [2.75, 3.05) is 51.9 Å². The number of aliphatic hydroxyl groups is 1. The van der Waals surface area contributed by atoms with Crippen molar-refractivity contribution in [3.05, 3.63) is 120 Å². The number of anilines is 2. The van der Waals surface area contributed by atoms with E-state index in [2.05, 4.69) is 9.97 Å². The van der Waals surface area contributed by atoms with Gasteiger partial charge in [0.15, 0.2) is 0 Å². The summed E-state index contributed by atoms with van der Waals surface area (Å²) in [7, 11) is 2.48. The summed E-state index contributed by atoms with van der Waals surface area (Å²) in [5.41, 5.74) is 13.7. The van der Waals surface area contributed by atoms with Gasteiger partial charge in [0.05, 0.1) is 12.7 Å². The number of aromatic nitrogens is 2. The first-order valence-corrected chi connectivity index (χ1v) is 16.8. The van der Waals surface area contributed by atoms with Gasteiger partial charge in [-0.15, -0.1) is 0 Å². The normalized spacial score (nSPS) is 14.3. The molecule has 0 spiro atoms. The van der Waals surface area contributed by atoms with Crippen molar-refractivity contribution in [3.8, 4) is 5.88 Å². The Labute approximate surface area is 352 Å². The van der Waals surface area contributed by atoms with E-state index in [0.717, 1.165) is 56.8 Å². The van der Waals surface area contributed by atoms with Crippen molar-refractivity contribution in [1.82, 2.24) is 19.8 Å². The molecule has 2 aliphatic rings. The number of likely N-dealkylation sites (tertiary alicyclic amines) is 2. The van der Waals surface area contributed by atoms with Gasteiger partial charge in [-0.2, -0.15) is 9.37 Å². The minimum Gasteiger partial charge on any atom is -0.480 e. The van der Waals surface area contributed by atoms with Gasteiger partial charge in [0, 0.05) is 33.3 Å². The zero-order chi connectivity index (χ0) is 36.9. The third-order valence-electron chi connectivity index (χ3n) is 9.09. The van der Waals surface area contributed by atoms with E-state index in [1.807, 2.05) is 17.0 Å². The van der Waals surface area contributed by atoms with E-state index in [0.29, 0.717) is 49.4 Å². The number of nitrogen functional groups attached to an aromatic ring is 2. The minimum absolute atomic E-state index is 0. The third-order valence-corrected chi connectivity index (χ3v) is 9.09. The Bertz CT molecular complexity index is 1730. The number of aliphatic hydroxyl groups excluding tert-OH is 1. The summed E-state index contributed by atoms with van der Waals surface area (Å²) >= 11 is 0. The van der Waals surface area contributed by atoms with Gasteiger partial charge < -0.3 is 38.5 Å². The van der Waals surface area contributed by atoms with Crippen molar-refractivity contribution >= 4 is 23.5 Å². The number of carbonyl (C=O) groups excluding carboxylic acids is 2. The number of halogens is 3. The van der Waals surface area contributed by atoms with Crippen LogP contribution in [0, 0.1) is 36.8 Å². The molecule has 5 N–H and O–H groups in total. The summed E-state index contributed by atoms with van der Waals surface area (Å²) in [5, 5.41) is 7.00. The molecular formula is C39H48F3KN6O4. The van der Waals surface area contributed by atoms with Crippen molar-refractivity contribution in [2.24, 2.45) is 11.8 Å². The first-order chi connectivity index (χ1) is 24.6. The largest absolute Gasteiger partial charge is 1.00 e. The Morgan fingerprint density at radius 1 is 0.679 bits per heavy atom. The maximum absolute atomic E-state index is 13.8. The summed E-state index contributed by atoms with van der Waals surface area (Å²) in [5.74, 6) is -0.117. The van der Waals surface area contributed by atoms with Crippen LogP contribution in [0.3, 0.4) is 0 Å². The molecule has 4 heterocycles. The van der Waals surface area contributed by atoms with Gasteiger partial charge in [0.2, 0.25) is 11.8 Å². The van der Waals surface area contributed by atoms with Gasteiger partial charge in [-0.3, -0.25) is 9.59 Å². The monoisotopic (exact) mass is 760 g/mol. The van der Waals surface area contributed by atoms with Gasteiger partial charge in [0.1, 0.15) is 28.8 Å². The smallest absolute Gasteiger partial charge is 0.480 e. The van der Waals surface area contributed by atoms with Crippen molar-refractivity contribution in [2.45, 2.75) is 38.5 Å². The second-order valence-corrected chi connectivity index (χ2v) is 12.5. The van der Waals surface area contributed by atoms with E-state index in [9.17, 15) is 22.8 Å². The average molecular weight is 761 g/mol. The van der Waals surface area contributed by atoms with Gasteiger partial charge >= 0.3 is 51.4 Å². The predicted octanol–water partition coefficient (Wildman–Crippen LogP) is 3.01. The average Bonchev–Trinajstić information content (AvgIpc) is 3.15. The van der Waals surface area contributed by atoms with Crippen LogP contribution in [0.4, 0.5) is 24.8 Å². The maximum atomic E-state index is 13.8. The number of carbonyl (C=O) groups is 2. The SMILES string of the molecule is CO.COc1nc(N)ccc1C(=O)N1CCC(Cc2ccc(F)cc2)CC1.Nc1ccc(C(=O)N2CCC(Cc3ccc(F)cc3)CC2)c(F)n1.[CH3-].[K+]. The van der Waals surface area contributed by atoms with Gasteiger partial charge in [-0.1, -0.05) is 24.3 Å². The fourth-order valence-corrected chi connectivity index (χ4v) is 6.31. The molecule has 10 nitrogen and oxygen atoms in total. The van der Waals surface area contributed by atoms with E-state index < -0.39 is 5.95 Å². The molecule has 14 heteroatoms. The fraction of sp³-hybridized carbons (Fsp3) is 0.359. The number of benzene rings is 2. The fourth-order valence-electron chi connectivity index (χ4n) is 6.31. The molecule has 280 valence electrons. The molecule has 0 saturated carbocycles. The second kappa shape index (κ2) is 22.6. The summed E-state index contributed by atoms with van der Waals surface area (Å²) in [6.45, 7) is 2.54. The van der Waals surface area contributed by atoms with E-state index in [1.165, 1.54) is 43.5 Å². The van der Waals surface area contributed by atoms with Crippen LogP contribution >= 0.6 is 0 Å². The van der Waals surface area contributed by atoms with Crippen LogP contribution in [0.2, 0.25) is 0 Å². The van der Waals surface area contributed by atoms with Crippen LogP contribution in [-0.2, 0) is 12.8 Å². The molecule has 0 aliphatic carbocycles. The van der Waals surface area contributed by atoms with E-state index in [-0.39, 0.29) is 99.5 Å². The Morgan fingerprint density at radius 2 is 1.06 bits per heavy atom. The van der Waals surface area contributed by atoms with Gasteiger partial charge in [-0.25, -0.2) is 13.8 Å². The van der Waals surface area contributed by atoms with E-state index in [4.69, 9.17) is 21.3 Å². The number of methoxy groups -OCH3 is 1. The van der Waals surface area contributed by atoms with Gasteiger partial charge in [-0.05, 0) is 110 Å². The molecule has 0 radical (unpaired) electrons. The first kappa shape index (κ1) is 45.6. The van der Waals surface area contributed by atoms with Crippen LogP contribution in [0.5, 0.6) is 5.88 Å². The number of pyridine rings is 2. The number of nitrogens with two attached hydrogens (primary N) is 2. The number of hydrogen-bond acceptors (Lipinski definition) is 8. The van der Waals surface area contributed by atoms with Crippen molar-refractivity contribution < 1.29 is 84.0 Å². The third kappa shape index (κ3) is 13.4. The zero-order valence-electron chi connectivity index (χ0n) is 30.9. The van der Waals surface area contributed by atoms with E-state index in [1.54, 1.807) is 29.2 Å². The molecule has 2 saturated heterocycles. The summed E-state index contributed by atoms with van der Waals surface area (Å²) in [6.07, 6.45) is 5.30. The summed E-state index contributed by atoms with van der Waals surface area (Å²) < 4.78 is 44.9. The molecule has 2 fully saturated rings. The minimum atomic E-state index is -0.826. The Hall–Kier alpha value is -3.53. The van der Waals surface area contributed by atoms with Crippen molar-refractivity contribution in [1.29, 1.82) is 0 Å². The summed E-state index contributed by atoms with van der Waals surface area (Å²) in [6, 6.07) is 19.2. The van der Waals surface area contributed by atoms with Crippen LogP contribution in [0.15, 0.2) is 72.8 Å². The molecule has 6 rings (SSSR count). The number of ether oxygens (including phenoxy) is 1. The molecule has 0 atom stereocenters. The molecule has 53 heavy (non-hydrogen) atoms. The topological polar surface area (TPSA) is 148 Å². The number of hydrogen-bond donors (Lipinski definition) is 3. The Balaban J connectivity index is 0.000000338. The molecule has 0 bridgehead atoms. The zero-order valence-corrected chi connectivity index (χ0v) is 34.0. The Kier molecular flexibility index (Phi) is 19.5. The molecule has 2 aliphatic heterocycles. The first-order valence-electron chi connectivity index (χ1n) is 16.8. The molecule has 0 unspecified atom stereocenters. The maximum Gasteiger partial charge on any atom is 1.00 e. The quantitative estimate of drug-likeness (QED) is 0.148. The van der Waals surface area contributed by atoms with Crippen molar-refractivity contribution in [3.63, 3.8) is 0 Å². The molecule has 4 aromatic rings.